The third-order valence-electron chi connectivity index (χ3n) is 4.47. The maximum Gasteiger partial charge on any atom is 0.350 e. The van der Waals surface area contributed by atoms with Gasteiger partial charge in [0, 0.05) is 26.3 Å². The van der Waals surface area contributed by atoms with Crippen LogP contribution in [-0.2, 0) is 11.3 Å². The fourth-order valence-electron chi connectivity index (χ4n) is 2.96. The van der Waals surface area contributed by atoms with Crippen LogP contribution in [0.5, 0.6) is 0 Å². The van der Waals surface area contributed by atoms with Crippen LogP contribution < -0.4 is 15.5 Å². The number of nitrogens with one attached hydrogen (secondary N) is 2. The molecule has 1 unspecified atom stereocenters. The van der Waals surface area contributed by atoms with E-state index in [0.717, 1.165) is 22.8 Å². The number of halogens is 1. The smallest absolute Gasteiger partial charge is 0.350 e. The highest BCUT2D eigenvalue weighted by Gasteiger charge is 2.20. The van der Waals surface area contributed by atoms with Crippen LogP contribution >= 0.6 is 35.3 Å². The predicted octanol–water partition coefficient (Wildman–Crippen LogP) is 4.44. The second-order valence-corrected chi connectivity index (χ2v) is 8.31. The Balaban J connectivity index is 0.00000480. The monoisotopic (exact) mass is 559 g/mol. The number of aliphatic imine (C=N–C) groups is 1. The van der Waals surface area contributed by atoms with E-state index in [9.17, 15) is 4.79 Å². The van der Waals surface area contributed by atoms with Gasteiger partial charge in [-0.3, -0.25) is 0 Å². The average Bonchev–Trinajstić information content (AvgIpc) is 3.09. The van der Waals surface area contributed by atoms with Crippen LogP contribution in [0.1, 0.15) is 58.3 Å². The van der Waals surface area contributed by atoms with Crippen molar-refractivity contribution in [2.45, 2.75) is 47.2 Å². The van der Waals surface area contributed by atoms with Gasteiger partial charge in [-0.1, -0.05) is 12.1 Å². The van der Waals surface area contributed by atoms with E-state index >= 15 is 0 Å². The molecule has 1 heterocycles. The number of ether oxygens (including phenoxy) is 1. The summed E-state index contributed by atoms with van der Waals surface area (Å²) < 4.78 is 5.12. The molecule has 2 aromatic rings. The Kier molecular flexibility index (Phi) is 11.3. The van der Waals surface area contributed by atoms with Gasteiger partial charge in [0.1, 0.15) is 9.88 Å². The second-order valence-electron chi connectivity index (χ2n) is 7.27. The zero-order chi connectivity index (χ0) is 22.3. The minimum absolute atomic E-state index is 0. The summed E-state index contributed by atoms with van der Waals surface area (Å²) >= 11 is 1.36. The van der Waals surface area contributed by atoms with Crippen LogP contribution in [0, 0.1) is 13.8 Å². The molecule has 172 valence electrons. The highest BCUT2D eigenvalue weighted by atomic mass is 127. The number of hydrogen-bond donors (Lipinski definition) is 2. The first-order valence-corrected chi connectivity index (χ1v) is 11.0. The predicted molar refractivity (Wildman–Crippen MR) is 140 cm³/mol. The van der Waals surface area contributed by atoms with Crippen LogP contribution in [0.4, 0.5) is 5.69 Å². The van der Waals surface area contributed by atoms with Gasteiger partial charge in [-0.2, -0.15) is 0 Å². The van der Waals surface area contributed by atoms with Gasteiger partial charge in [0.15, 0.2) is 5.96 Å². The zero-order valence-corrected chi connectivity index (χ0v) is 22.6. The summed E-state index contributed by atoms with van der Waals surface area (Å²) in [5.41, 5.74) is 4.24. The number of guanidine groups is 1. The van der Waals surface area contributed by atoms with Crippen molar-refractivity contribution >= 4 is 52.9 Å². The second kappa shape index (κ2) is 12.8. The molecule has 2 rings (SSSR count). The topological polar surface area (TPSA) is 78.9 Å². The van der Waals surface area contributed by atoms with Crippen molar-refractivity contribution in [2.24, 2.45) is 4.99 Å². The molecular formula is C22H34IN5O2S. The Hall–Kier alpha value is -1.88. The lowest BCUT2D eigenvalue weighted by Crippen LogP contribution is -2.38. The molecule has 0 bridgehead atoms. The first-order chi connectivity index (χ1) is 14.3. The Morgan fingerprint density at radius 3 is 2.61 bits per heavy atom. The van der Waals surface area contributed by atoms with E-state index in [1.54, 1.807) is 6.92 Å². The van der Waals surface area contributed by atoms with Gasteiger partial charge in [-0.25, -0.2) is 14.8 Å². The molecule has 1 atom stereocenters. The number of nitrogens with zero attached hydrogens (tertiary/aromatic N) is 3. The maximum absolute atomic E-state index is 12.1. The van der Waals surface area contributed by atoms with Crippen molar-refractivity contribution in [1.29, 1.82) is 0 Å². The van der Waals surface area contributed by atoms with Gasteiger partial charge >= 0.3 is 5.97 Å². The largest absolute Gasteiger partial charge is 0.462 e. The van der Waals surface area contributed by atoms with Crippen LogP contribution in [0.15, 0.2) is 23.2 Å². The van der Waals surface area contributed by atoms with Crippen molar-refractivity contribution in [3.8, 4) is 0 Å². The fourth-order valence-corrected chi connectivity index (χ4v) is 3.93. The number of carbonyl (C=O) groups is 1. The lowest BCUT2D eigenvalue weighted by molar-refractivity contribution is 0.0531. The summed E-state index contributed by atoms with van der Waals surface area (Å²) in [6.07, 6.45) is 0. The van der Waals surface area contributed by atoms with E-state index in [1.165, 1.54) is 16.9 Å². The van der Waals surface area contributed by atoms with E-state index in [2.05, 4.69) is 45.6 Å². The van der Waals surface area contributed by atoms with Crippen molar-refractivity contribution in [3.63, 3.8) is 0 Å². The van der Waals surface area contributed by atoms with E-state index in [4.69, 9.17) is 9.73 Å². The minimum atomic E-state index is -0.317. The Labute approximate surface area is 206 Å². The number of rotatable bonds is 8. The summed E-state index contributed by atoms with van der Waals surface area (Å²) in [6, 6.07) is 6.30. The SMILES string of the molecule is CCNC(=NCc1ccc(C)cc1N(C)C)NC(C)c1nc(C)c(C(=O)OCC)s1.I. The fraction of sp³-hybridized carbons (Fsp3) is 0.500. The summed E-state index contributed by atoms with van der Waals surface area (Å²) in [4.78, 5) is 24.1. The van der Waals surface area contributed by atoms with Gasteiger partial charge in [-0.05, 0) is 51.8 Å². The number of carbonyl (C=O) groups excluding carboxylic acids is 1. The number of aryl methyl sites for hydroxylation is 2. The lowest BCUT2D eigenvalue weighted by Gasteiger charge is -2.19. The molecule has 0 aliphatic carbocycles. The molecule has 7 nitrogen and oxygen atoms in total. The standard InChI is InChI=1S/C22H33N5O2S.HI/c1-8-23-22(24-13-17-11-10-14(3)12-18(17)27(6)7)26-16(5)20-25-15(4)19(30-20)21(28)29-9-2;/h10-12,16H,8-9,13H2,1-7H3,(H2,23,24,26);1H. The molecule has 0 aliphatic heterocycles. The quantitative estimate of drug-likeness (QED) is 0.216. The average molecular weight is 560 g/mol. The molecule has 1 aromatic carbocycles. The molecule has 9 heteroatoms. The number of esters is 1. The van der Waals surface area contributed by atoms with Crippen molar-refractivity contribution in [2.75, 3.05) is 32.1 Å². The van der Waals surface area contributed by atoms with Crippen LogP contribution in [0.3, 0.4) is 0 Å². The molecule has 31 heavy (non-hydrogen) atoms. The van der Waals surface area contributed by atoms with Gasteiger partial charge < -0.3 is 20.3 Å². The Bertz CT molecular complexity index is 898. The van der Waals surface area contributed by atoms with Crippen molar-refractivity contribution in [1.82, 2.24) is 15.6 Å². The lowest BCUT2D eigenvalue weighted by atomic mass is 10.1. The molecule has 0 aliphatic rings. The Morgan fingerprint density at radius 1 is 1.29 bits per heavy atom. The Morgan fingerprint density at radius 2 is 2.00 bits per heavy atom. The van der Waals surface area contributed by atoms with E-state index in [1.807, 2.05) is 34.9 Å². The first-order valence-electron chi connectivity index (χ1n) is 10.2. The number of anilines is 1. The third kappa shape index (κ3) is 7.64. The summed E-state index contributed by atoms with van der Waals surface area (Å²) in [5, 5.41) is 7.51. The number of thiazole rings is 1. The minimum Gasteiger partial charge on any atom is -0.462 e. The molecular weight excluding hydrogens is 525 g/mol. The van der Waals surface area contributed by atoms with Crippen LogP contribution in [-0.4, -0.2) is 44.2 Å². The first kappa shape index (κ1) is 27.2. The summed E-state index contributed by atoms with van der Waals surface area (Å²) in [5.74, 6) is 0.392. The zero-order valence-electron chi connectivity index (χ0n) is 19.4. The number of benzene rings is 1. The molecule has 0 amide bonds. The number of aromatic nitrogens is 1. The maximum atomic E-state index is 12.1. The van der Waals surface area contributed by atoms with Crippen molar-refractivity contribution in [3.05, 3.63) is 44.9 Å². The highest BCUT2D eigenvalue weighted by molar-refractivity contribution is 14.0. The molecule has 0 saturated heterocycles. The normalized spacial score (nSPS) is 12.0. The molecule has 0 radical (unpaired) electrons. The molecule has 0 fully saturated rings. The molecule has 0 saturated carbocycles. The van der Waals surface area contributed by atoms with Crippen LogP contribution in [0.25, 0.3) is 0 Å². The summed E-state index contributed by atoms with van der Waals surface area (Å²) in [6.45, 7) is 11.4. The number of hydrogen-bond acceptors (Lipinski definition) is 6. The van der Waals surface area contributed by atoms with Gasteiger partial charge in [-0.15, -0.1) is 35.3 Å². The highest BCUT2D eigenvalue weighted by Crippen LogP contribution is 2.25. The van der Waals surface area contributed by atoms with Gasteiger partial charge in [0.25, 0.3) is 0 Å². The van der Waals surface area contributed by atoms with Crippen molar-refractivity contribution < 1.29 is 9.53 Å². The van der Waals surface area contributed by atoms with Gasteiger partial charge in [0.05, 0.1) is 24.9 Å². The van der Waals surface area contributed by atoms with E-state index < -0.39 is 0 Å². The molecule has 2 N–H and O–H groups in total. The molecule has 1 aromatic heterocycles. The van der Waals surface area contributed by atoms with Gasteiger partial charge in [0.2, 0.25) is 0 Å². The van der Waals surface area contributed by atoms with Crippen LogP contribution in [0.2, 0.25) is 0 Å². The third-order valence-corrected chi connectivity index (χ3v) is 5.79. The molecule has 0 spiro atoms. The van der Waals surface area contributed by atoms with E-state index in [-0.39, 0.29) is 36.0 Å². The summed E-state index contributed by atoms with van der Waals surface area (Å²) in [7, 11) is 4.08. The van der Waals surface area contributed by atoms with E-state index in [0.29, 0.717) is 29.7 Å².